The average molecular weight is 499 g/mol. The number of phenolic OH excluding ortho intramolecular Hbond substituents is 1. The van der Waals surface area contributed by atoms with Crippen LogP contribution < -0.4 is 10.5 Å². The molecule has 0 saturated carbocycles. The zero-order valence-electron chi connectivity index (χ0n) is 18.3. The summed E-state index contributed by atoms with van der Waals surface area (Å²) in [6.07, 6.45) is 0. The molecule has 0 spiro atoms. The molecule has 1 aliphatic carbocycles. The van der Waals surface area contributed by atoms with Gasteiger partial charge >= 0.3 is 0 Å². The third-order valence-corrected chi connectivity index (χ3v) is 7.48. The molecule has 0 radical (unpaired) electrons. The topological polar surface area (TPSA) is 167 Å². The Morgan fingerprint density at radius 3 is 1.94 bits per heavy atom. The van der Waals surface area contributed by atoms with E-state index in [1.165, 1.54) is 36.4 Å². The summed E-state index contributed by atoms with van der Waals surface area (Å²) in [7, 11) is -3.97. The maximum Gasteiger partial charge on any atom is 0.243 e. The Labute approximate surface area is 200 Å². The van der Waals surface area contributed by atoms with Gasteiger partial charge in [0.15, 0.2) is 17.3 Å². The zero-order valence-corrected chi connectivity index (χ0v) is 19.2. The molecule has 5 N–H and O–H groups in total. The third-order valence-electron chi connectivity index (χ3n) is 5.57. The van der Waals surface area contributed by atoms with Gasteiger partial charge in [-0.2, -0.15) is 4.31 Å². The summed E-state index contributed by atoms with van der Waals surface area (Å²) in [4.78, 5) is 25.8. The summed E-state index contributed by atoms with van der Waals surface area (Å²) in [6.45, 7) is -1.18. The molecule has 0 amide bonds. The number of aromatic hydroxyl groups is 1. The summed E-state index contributed by atoms with van der Waals surface area (Å²) in [5.74, 6) is -1.46. The van der Waals surface area contributed by atoms with Crippen molar-refractivity contribution in [3.63, 3.8) is 0 Å². The van der Waals surface area contributed by atoms with Gasteiger partial charge in [0.05, 0.1) is 34.9 Å². The number of hydrogen-bond donors (Lipinski definition) is 4. The molecule has 0 heterocycles. The smallest absolute Gasteiger partial charge is 0.243 e. The quantitative estimate of drug-likeness (QED) is 0.208. The van der Waals surface area contributed by atoms with Crippen LogP contribution in [0.3, 0.4) is 0 Å². The van der Waals surface area contributed by atoms with Crippen LogP contribution in [0.1, 0.15) is 31.8 Å². The van der Waals surface area contributed by atoms with E-state index in [0.29, 0.717) is 0 Å². The highest BCUT2D eigenvalue weighted by molar-refractivity contribution is 7.89. The van der Waals surface area contributed by atoms with Crippen molar-refractivity contribution in [3.8, 4) is 17.2 Å². The van der Waals surface area contributed by atoms with Gasteiger partial charge in [-0.1, -0.05) is 24.3 Å². The first-order valence-corrected chi connectivity index (χ1v) is 12.0. The maximum atomic E-state index is 13.1. The molecule has 0 fully saturated rings. The Kier molecular flexibility index (Phi) is 6.59. The van der Waals surface area contributed by atoms with Gasteiger partial charge in [0.25, 0.3) is 0 Å². The molecule has 0 aliphatic heterocycles. The number of rotatable bonds is 8. The number of ether oxygens (including phenoxy) is 1. The lowest BCUT2D eigenvalue weighted by Crippen LogP contribution is -2.35. The molecule has 0 unspecified atom stereocenters. The van der Waals surface area contributed by atoms with E-state index in [9.17, 15) is 23.1 Å². The number of sulfonamides is 1. The molecule has 0 aromatic heterocycles. The van der Waals surface area contributed by atoms with E-state index in [4.69, 9.17) is 20.7 Å². The number of phenols is 1. The number of ketones is 2. The number of aliphatic hydroxyl groups is 2. The minimum atomic E-state index is -3.97. The fraction of sp³-hybridized carbons (Fsp3) is 0.167. The molecule has 3 aromatic rings. The Bertz CT molecular complexity index is 1410. The van der Waals surface area contributed by atoms with Gasteiger partial charge in [0.1, 0.15) is 11.5 Å². The molecule has 0 bridgehead atoms. The number of fused-ring (bicyclic) bond motifs is 2. The van der Waals surface area contributed by atoms with E-state index in [1.807, 2.05) is 0 Å². The first-order chi connectivity index (χ1) is 16.7. The zero-order chi connectivity index (χ0) is 25.3. The van der Waals surface area contributed by atoms with Crippen LogP contribution in [-0.4, -0.2) is 65.9 Å². The second kappa shape index (κ2) is 9.47. The van der Waals surface area contributed by atoms with E-state index in [1.54, 1.807) is 12.1 Å². The van der Waals surface area contributed by atoms with Gasteiger partial charge in [-0.05, 0) is 24.3 Å². The van der Waals surface area contributed by atoms with Gasteiger partial charge in [-0.3, -0.25) is 9.59 Å². The number of carbonyl (C=O) groups is 2. The lowest BCUT2D eigenvalue weighted by Gasteiger charge is -2.22. The average Bonchev–Trinajstić information content (AvgIpc) is 2.84. The molecular weight excluding hydrogens is 476 g/mol. The summed E-state index contributed by atoms with van der Waals surface area (Å²) in [6, 6.07) is 12.6. The van der Waals surface area contributed by atoms with Crippen LogP contribution in [0.2, 0.25) is 0 Å². The number of nitrogens with zero attached hydrogens (tertiary/aromatic N) is 1. The van der Waals surface area contributed by atoms with E-state index in [2.05, 4.69) is 0 Å². The monoisotopic (exact) mass is 498 g/mol. The molecule has 0 atom stereocenters. The number of nitrogen functional groups attached to an aromatic ring is 1. The second-order valence-corrected chi connectivity index (χ2v) is 9.62. The van der Waals surface area contributed by atoms with Gasteiger partial charge in [-0.25, -0.2) is 8.42 Å². The fourth-order valence-corrected chi connectivity index (χ4v) is 5.31. The van der Waals surface area contributed by atoms with Crippen LogP contribution in [-0.2, 0) is 10.0 Å². The van der Waals surface area contributed by atoms with Crippen LogP contribution in [0, 0.1) is 0 Å². The molecule has 4 rings (SSSR count). The Hall–Kier alpha value is -3.77. The van der Waals surface area contributed by atoms with Crippen molar-refractivity contribution in [1.29, 1.82) is 0 Å². The van der Waals surface area contributed by atoms with E-state index < -0.39 is 40.6 Å². The van der Waals surface area contributed by atoms with Gasteiger partial charge in [-0.15, -0.1) is 0 Å². The van der Waals surface area contributed by atoms with E-state index >= 15 is 0 Å². The van der Waals surface area contributed by atoms with Crippen LogP contribution in [0.25, 0.3) is 0 Å². The fourth-order valence-electron chi connectivity index (χ4n) is 3.89. The number of hydrogen-bond acceptors (Lipinski definition) is 9. The van der Waals surface area contributed by atoms with Crippen LogP contribution in [0.5, 0.6) is 17.2 Å². The molecule has 35 heavy (non-hydrogen) atoms. The Morgan fingerprint density at radius 1 is 0.857 bits per heavy atom. The second-order valence-electron chi connectivity index (χ2n) is 7.69. The van der Waals surface area contributed by atoms with Crippen molar-refractivity contribution in [2.45, 2.75) is 4.90 Å². The Morgan fingerprint density at radius 2 is 1.40 bits per heavy atom. The summed E-state index contributed by atoms with van der Waals surface area (Å²) in [5, 5.41) is 28.8. The first kappa shape index (κ1) is 24.4. The van der Waals surface area contributed by atoms with Crippen molar-refractivity contribution in [2.24, 2.45) is 0 Å². The lowest BCUT2D eigenvalue weighted by molar-refractivity contribution is 0.0977. The predicted molar refractivity (Wildman–Crippen MR) is 125 cm³/mol. The molecule has 0 saturated heterocycles. The highest BCUT2D eigenvalue weighted by atomic mass is 32.2. The molecule has 11 heteroatoms. The predicted octanol–water partition coefficient (Wildman–Crippen LogP) is 1.52. The summed E-state index contributed by atoms with van der Waals surface area (Å²) in [5.41, 5.74) is 6.01. The van der Waals surface area contributed by atoms with Crippen LogP contribution in [0.15, 0.2) is 59.5 Å². The first-order valence-electron chi connectivity index (χ1n) is 10.5. The summed E-state index contributed by atoms with van der Waals surface area (Å²) >= 11 is 0. The largest absolute Gasteiger partial charge is 0.507 e. The summed E-state index contributed by atoms with van der Waals surface area (Å²) < 4.78 is 32.2. The minimum absolute atomic E-state index is 0.0837. The van der Waals surface area contributed by atoms with Gasteiger partial charge in [0.2, 0.25) is 10.0 Å². The Balaban J connectivity index is 1.67. The highest BCUT2D eigenvalue weighted by Gasteiger charge is 2.35. The molecule has 10 nitrogen and oxygen atoms in total. The van der Waals surface area contributed by atoms with Crippen molar-refractivity contribution in [2.75, 3.05) is 32.0 Å². The number of carbonyl (C=O) groups excluding carboxylic acids is 2. The standard InChI is InChI=1S/C24H22N2O8S/c25-22-19(13-18(29)20-21(22)24(31)17-4-2-1-3-16(17)23(20)30)34-14-5-7-15(8-6-14)35(32,33)26(9-11-27)10-12-28/h1-8,13,27-29H,9-12,25H2. The molecule has 3 aromatic carbocycles. The molecular formula is C24H22N2O8S. The molecule has 1 aliphatic rings. The van der Waals surface area contributed by atoms with Gasteiger partial charge < -0.3 is 25.8 Å². The number of anilines is 1. The van der Waals surface area contributed by atoms with Crippen molar-refractivity contribution < 1.29 is 38.1 Å². The SMILES string of the molecule is Nc1c(Oc2ccc(S(=O)(=O)N(CCO)CCO)cc2)cc(O)c2c1C(=O)c1ccccc1C2=O. The molecule has 182 valence electrons. The third kappa shape index (κ3) is 4.26. The van der Waals surface area contributed by atoms with Crippen molar-refractivity contribution in [1.82, 2.24) is 4.31 Å². The van der Waals surface area contributed by atoms with Crippen molar-refractivity contribution >= 4 is 27.3 Å². The van der Waals surface area contributed by atoms with E-state index in [-0.39, 0.29) is 57.4 Å². The minimum Gasteiger partial charge on any atom is -0.507 e. The number of benzene rings is 3. The lowest BCUT2D eigenvalue weighted by atomic mass is 9.82. The highest BCUT2D eigenvalue weighted by Crippen LogP contribution is 2.42. The van der Waals surface area contributed by atoms with Gasteiger partial charge in [0, 0.05) is 30.3 Å². The van der Waals surface area contributed by atoms with E-state index in [0.717, 1.165) is 10.4 Å². The van der Waals surface area contributed by atoms with Crippen molar-refractivity contribution in [3.05, 3.63) is 76.9 Å². The number of nitrogens with two attached hydrogens (primary N) is 1. The normalized spacial score (nSPS) is 13.0. The number of aliphatic hydroxyl groups excluding tert-OH is 2. The van der Waals surface area contributed by atoms with Crippen LogP contribution in [0.4, 0.5) is 5.69 Å². The van der Waals surface area contributed by atoms with Crippen LogP contribution >= 0.6 is 0 Å². The maximum absolute atomic E-state index is 13.1.